The van der Waals surface area contributed by atoms with E-state index >= 15 is 0 Å². The molecule has 20 heavy (non-hydrogen) atoms. The molecule has 0 spiro atoms. The van der Waals surface area contributed by atoms with Crippen LogP contribution >= 0.6 is 0 Å². The van der Waals surface area contributed by atoms with Crippen LogP contribution in [0.1, 0.15) is 37.2 Å². The fraction of sp³-hybridized carbons (Fsp3) is 0.600. The monoisotopic (exact) mass is 277 g/mol. The molecule has 0 aromatic carbocycles. The zero-order valence-electron chi connectivity index (χ0n) is 12.5. The van der Waals surface area contributed by atoms with Gasteiger partial charge >= 0.3 is 0 Å². The van der Waals surface area contributed by atoms with E-state index in [4.69, 9.17) is 4.74 Å². The Balaban J connectivity index is 2.04. The number of carbonyl (C=O) groups excluding carboxylic acids is 1. The van der Waals surface area contributed by atoms with E-state index in [9.17, 15) is 4.79 Å². The van der Waals surface area contributed by atoms with Gasteiger partial charge in [-0.25, -0.2) is 4.98 Å². The number of hydrogen-bond acceptors (Lipinski definition) is 4. The molecule has 1 saturated heterocycles. The molecule has 0 radical (unpaired) electrons. The quantitative estimate of drug-likeness (QED) is 0.910. The molecule has 1 aromatic rings. The normalized spacial score (nSPS) is 18.6. The van der Waals surface area contributed by atoms with E-state index in [1.165, 1.54) is 0 Å². The Morgan fingerprint density at radius 1 is 1.50 bits per heavy atom. The number of hydrogen-bond donors (Lipinski definition) is 1. The van der Waals surface area contributed by atoms with Crippen LogP contribution in [0.25, 0.3) is 0 Å². The van der Waals surface area contributed by atoms with Gasteiger partial charge in [-0.2, -0.15) is 0 Å². The predicted octanol–water partition coefficient (Wildman–Crippen LogP) is 1.69. The van der Waals surface area contributed by atoms with Crippen LogP contribution in [-0.2, 0) is 0 Å². The molecule has 0 saturated carbocycles. The second-order valence-electron chi connectivity index (χ2n) is 5.50. The van der Waals surface area contributed by atoms with Gasteiger partial charge in [-0.3, -0.25) is 4.79 Å². The van der Waals surface area contributed by atoms with E-state index < -0.39 is 0 Å². The van der Waals surface area contributed by atoms with E-state index in [1.807, 2.05) is 0 Å². The van der Waals surface area contributed by atoms with Crippen LogP contribution in [0.5, 0.6) is 5.75 Å². The molecule has 1 N–H and O–H groups in total. The van der Waals surface area contributed by atoms with Gasteiger partial charge in [-0.1, -0.05) is 6.92 Å². The van der Waals surface area contributed by atoms with Crippen molar-refractivity contribution in [2.45, 2.75) is 32.2 Å². The molecule has 5 nitrogen and oxygen atoms in total. The maximum atomic E-state index is 12.4. The average Bonchev–Trinajstić information content (AvgIpc) is 2.47. The number of nitrogens with one attached hydrogen (secondary N) is 1. The number of rotatable bonds is 4. The van der Waals surface area contributed by atoms with Crippen molar-refractivity contribution in [3.63, 3.8) is 0 Å². The second kappa shape index (κ2) is 6.22. The van der Waals surface area contributed by atoms with Crippen LogP contribution in [0.2, 0.25) is 0 Å². The number of ether oxygens (including phenoxy) is 1. The maximum Gasteiger partial charge on any atom is 0.274 e. The van der Waals surface area contributed by atoms with Crippen LogP contribution in [0.4, 0.5) is 0 Å². The summed E-state index contributed by atoms with van der Waals surface area (Å²) in [6, 6.07) is 3.51. The van der Waals surface area contributed by atoms with Gasteiger partial charge < -0.3 is 15.0 Å². The number of likely N-dealkylation sites (tertiary alicyclic amines) is 1. The third kappa shape index (κ3) is 3.28. The number of amides is 1. The Kier molecular flexibility index (Phi) is 4.60. The van der Waals surface area contributed by atoms with E-state index in [0.29, 0.717) is 11.4 Å². The Morgan fingerprint density at radius 3 is 2.80 bits per heavy atom. The largest absolute Gasteiger partial charge is 0.494 e. The first kappa shape index (κ1) is 14.8. The average molecular weight is 277 g/mol. The third-order valence-electron chi connectivity index (χ3n) is 4.03. The zero-order valence-corrected chi connectivity index (χ0v) is 12.5. The third-order valence-corrected chi connectivity index (χ3v) is 4.03. The molecule has 0 unspecified atom stereocenters. The number of carbonyl (C=O) groups is 1. The van der Waals surface area contributed by atoms with Gasteiger partial charge in [0.2, 0.25) is 0 Å². The second-order valence-corrected chi connectivity index (χ2v) is 5.50. The van der Waals surface area contributed by atoms with Gasteiger partial charge in [0.25, 0.3) is 5.91 Å². The van der Waals surface area contributed by atoms with Crippen molar-refractivity contribution < 1.29 is 9.53 Å². The van der Waals surface area contributed by atoms with Gasteiger partial charge in [0.05, 0.1) is 7.11 Å². The molecule has 1 aliphatic rings. The molecule has 2 heterocycles. The van der Waals surface area contributed by atoms with Crippen molar-refractivity contribution >= 4 is 5.91 Å². The van der Waals surface area contributed by atoms with E-state index in [1.54, 1.807) is 25.4 Å². The minimum atomic E-state index is -0.161. The molecule has 1 fully saturated rings. The lowest BCUT2D eigenvalue weighted by molar-refractivity contribution is 0.0831. The standard InChI is InChI=1S/C15H23N3O2/c1-4-18-10-7-15(2,8-11-18)17-14(19)13-12(20-3)6-5-9-16-13/h5-6,9H,4,7-8,10-11H2,1-3H3,(H,17,19). The molecule has 2 rings (SSSR count). The Hall–Kier alpha value is -1.62. The molecule has 1 aliphatic heterocycles. The Labute approximate surface area is 120 Å². The zero-order chi connectivity index (χ0) is 14.6. The summed E-state index contributed by atoms with van der Waals surface area (Å²) < 4.78 is 5.19. The van der Waals surface area contributed by atoms with Crippen LogP contribution in [-0.4, -0.2) is 48.1 Å². The summed E-state index contributed by atoms with van der Waals surface area (Å²) in [5.41, 5.74) is 0.194. The highest BCUT2D eigenvalue weighted by Crippen LogP contribution is 2.23. The highest BCUT2D eigenvalue weighted by molar-refractivity contribution is 5.95. The predicted molar refractivity (Wildman–Crippen MR) is 78.0 cm³/mol. The van der Waals surface area contributed by atoms with E-state index in [-0.39, 0.29) is 11.4 Å². The molecule has 0 atom stereocenters. The van der Waals surface area contributed by atoms with Crippen LogP contribution in [0.3, 0.4) is 0 Å². The highest BCUT2D eigenvalue weighted by Gasteiger charge is 2.32. The maximum absolute atomic E-state index is 12.4. The summed E-state index contributed by atoms with van der Waals surface area (Å²) in [6.07, 6.45) is 3.53. The summed E-state index contributed by atoms with van der Waals surface area (Å²) in [5, 5.41) is 3.12. The lowest BCUT2D eigenvalue weighted by atomic mass is 9.89. The van der Waals surface area contributed by atoms with Crippen molar-refractivity contribution in [1.29, 1.82) is 0 Å². The molecule has 1 amide bonds. The summed E-state index contributed by atoms with van der Waals surface area (Å²) in [5.74, 6) is 0.356. The summed E-state index contributed by atoms with van der Waals surface area (Å²) in [6.45, 7) is 7.38. The Bertz CT molecular complexity index is 468. The minimum Gasteiger partial charge on any atom is -0.494 e. The van der Waals surface area contributed by atoms with Crippen molar-refractivity contribution in [3.8, 4) is 5.75 Å². The SMILES string of the molecule is CCN1CCC(C)(NC(=O)c2ncccc2OC)CC1. The molecule has 0 aliphatic carbocycles. The van der Waals surface area contributed by atoms with Crippen LogP contribution in [0.15, 0.2) is 18.3 Å². The first-order chi connectivity index (χ1) is 9.58. The summed E-state index contributed by atoms with van der Waals surface area (Å²) in [4.78, 5) is 18.9. The summed E-state index contributed by atoms with van der Waals surface area (Å²) in [7, 11) is 1.55. The number of aromatic nitrogens is 1. The summed E-state index contributed by atoms with van der Waals surface area (Å²) >= 11 is 0. The van der Waals surface area contributed by atoms with Gasteiger partial charge in [-0.15, -0.1) is 0 Å². The number of methoxy groups -OCH3 is 1. The first-order valence-corrected chi connectivity index (χ1v) is 7.12. The van der Waals surface area contributed by atoms with Gasteiger partial charge in [0, 0.05) is 24.8 Å². The van der Waals surface area contributed by atoms with E-state index in [0.717, 1.165) is 32.5 Å². The number of piperidine rings is 1. The molecular formula is C15H23N3O2. The van der Waals surface area contributed by atoms with Gasteiger partial charge in [-0.05, 0) is 38.4 Å². The smallest absolute Gasteiger partial charge is 0.274 e. The van der Waals surface area contributed by atoms with Crippen molar-refractivity contribution in [1.82, 2.24) is 15.2 Å². The van der Waals surface area contributed by atoms with Crippen LogP contribution < -0.4 is 10.1 Å². The fourth-order valence-corrected chi connectivity index (χ4v) is 2.55. The highest BCUT2D eigenvalue weighted by atomic mass is 16.5. The topological polar surface area (TPSA) is 54.5 Å². The number of nitrogens with zero attached hydrogens (tertiary/aromatic N) is 2. The first-order valence-electron chi connectivity index (χ1n) is 7.12. The Morgan fingerprint density at radius 2 is 2.20 bits per heavy atom. The molecular weight excluding hydrogens is 254 g/mol. The lowest BCUT2D eigenvalue weighted by Gasteiger charge is -2.39. The van der Waals surface area contributed by atoms with Crippen LogP contribution in [0, 0.1) is 0 Å². The van der Waals surface area contributed by atoms with E-state index in [2.05, 4.69) is 29.0 Å². The van der Waals surface area contributed by atoms with Crippen molar-refractivity contribution in [2.24, 2.45) is 0 Å². The molecule has 110 valence electrons. The minimum absolute atomic E-state index is 0.158. The fourth-order valence-electron chi connectivity index (χ4n) is 2.55. The number of pyridine rings is 1. The van der Waals surface area contributed by atoms with Crippen molar-refractivity contribution in [2.75, 3.05) is 26.7 Å². The molecule has 0 bridgehead atoms. The van der Waals surface area contributed by atoms with Gasteiger partial charge in [0.1, 0.15) is 5.75 Å². The lowest BCUT2D eigenvalue weighted by Crippen LogP contribution is -2.53. The molecule has 5 heteroatoms. The van der Waals surface area contributed by atoms with Crippen molar-refractivity contribution in [3.05, 3.63) is 24.0 Å². The molecule has 1 aromatic heterocycles. The van der Waals surface area contributed by atoms with Gasteiger partial charge in [0.15, 0.2) is 5.69 Å².